The molecule has 1 atom stereocenters. The molecule has 1 unspecified atom stereocenters. The van der Waals surface area contributed by atoms with Gasteiger partial charge < -0.3 is 10.1 Å². The van der Waals surface area contributed by atoms with Crippen molar-refractivity contribution in [2.24, 2.45) is 5.92 Å². The van der Waals surface area contributed by atoms with Crippen molar-refractivity contribution in [2.45, 2.75) is 19.1 Å². The largest absolute Gasteiger partial charge is 0.490 e. The molecule has 0 bridgehead atoms. The molecule has 124 valence electrons. The molecule has 23 heavy (non-hydrogen) atoms. The van der Waals surface area contributed by atoms with E-state index >= 15 is 0 Å². The molecule has 1 aromatic heterocycles. The highest BCUT2D eigenvalue weighted by atomic mass is 19.4. The molecule has 0 spiro atoms. The number of nitrogens with one attached hydrogen (secondary N) is 1. The third-order valence-corrected chi connectivity index (χ3v) is 3.91. The summed E-state index contributed by atoms with van der Waals surface area (Å²) in [6, 6.07) is 5.54. The van der Waals surface area contributed by atoms with Crippen LogP contribution in [-0.4, -0.2) is 29.5 Å². The van der Waals surface area contributed by atoms with Crippen molar-refractivity contribution >= 4 is 0 Å². The van der Waals surface area contributed by atoms with E-state index in [1.54, 1.807) is 18.5 Å². The number of nitrogens with zero attached hydrogens (tertiary/aromatic N) is 2. The Bertz CT molecular complexity index is 648. The van der Waals surface area contributed by atoms with E-state index in [-0.39, 0.29) is 12.1 Å². The summed E-state index contributed by atoms with van der Waals surface area (Å²) < 4.78 is 46.1. The molecule has 4 nitrogen and oxygen atoms in total. The van der Waals surface area contributed by atoms with Crippen LogP contribution in [0, 0.1) is 5.92 Å². The van der Waals surface area contributed by atoms with Crippen LogP contribution in [0.5, 0.6) is 5.75 Å². The standard InChI is InChI=1S/C16H18F3N3O/c17-16(18,19)15-4-2-1-3-13(15)9-22-10-14(8-21-22)23-11-12-5-6-20-7-12/h1-4,8,10,12,20H,5-7,9,11H2. The third kappa shape index (κ3) is 4.04. The zero-order valence-corrected chi connectivity index (χ0v) is 12.5. The van der Waals surface area contributed by atoms with Gasteiger partial charge in [-0.25, -0.2) is 0 Å². The molecular formula is C16H18F3N3O. The Morgan fingerprint density at radius 1 is 1.30 bits per heavy atom. The van der Waals surface area contributed by atoms with Crippen molar-refractivity contribution in [2.75, 3.05) is 19.7 Å². The van der Waals surface area contributed by atoms with Gasteiger partial charge in [0.2, 0.25) is 0 Å². The first kappa shape index (κ1) is 15.9. The van der Waals surface area contributed by atoms with E-state index in [1.165, 1.54) is 16.8 Å². The van der Waals surface area contributed by atoms with E-state index in [0.29, 0.717) is 18.3 Å². The normalized spacial score (nSPS) is 18.3. The molecule has 0 amide bonds. The monoisotopic (exact) mass is 325 g/mol. The number of rotatable bonds is 5. The number of halogens is 3. The van der Waals surface area contributed by atoms with Gasteiger partial charge in [-0.1, -0.05) is 18.2 Å². The van der Waals surface area contributed by atoms with Gasteiger partial charge in [-0.3, -0.25) is 4.68 Å². The van der Waals surface area contributed by atoms with Gasteiger partial charge in [0.1, 0.15) is 0 Å². The number of ether oxygens (including phenoxy) is 1. The molecule has 7 heteroatoms. The maximum Gasteiger partial charge on any atom is 0.416 e. The van der Waals surface area contributed by atoms with Gasteiger partial charge in [-0.15, -0.1) is 0 Å². The van der Waals surface area contributed by atoms with Crippen LogP contribution in [-0.2, 0) is 12.7 Å². The average Bonchev–Trinajstić information content (AvgIpc) is 3.16. The van der Waals surface area contributed by atoms with Gasteiger partial charge >= 0.3 is 6.18 Å². The topological polar surface area (TPSA) is 39.1 Å². The fourth-order valence-corrected chi connectivity index (χ4v) is 2.69. The smallest absolute Gasteiger partial charge is 0.416 e. The van der Waals surface area contributed by atoms with Gasteiger partial charge in [-0.05, 0) is 24.6 Å². The third-order valence-electron chi connectivity index (χ3n) is 3.91. The van der Waals surface area contributed by atoms with Crippen LogP contribution < -0.4 is 10.1 Å². The van der Waals surface area contributed by atoms with Crippen LogP contribution in [0.3, 0.4) is 0 Å². The van der Waals surface area contributed by atoms with Gasteiger partial charge in [0.15, 0.2) is 5.75 Å². The molecule has 0 saturated carbocycles. The summed E-state index contributed by atoms with van der Waals surface area (Å²) in [4.78, 5) is 0. The predicted molar refractivity (Wildman–Crippen MR) is 79.2 cm³/mol. The van der Waals surface area contributed by atoms with Gasteiger partial charge in [0.25, 0.3) is 0 Å². The van der Waals surface area contributed by atoms with E-state index in [2.05, 4.69) is 10.4 Å². The second-order valence-corrected chi connectivity index (χ2v) is 5.70. The fourth-order valence-electron chi connectivity index (χ4n) is 2.69. The van der Waals surface area contributed by atoms with Crippen molar-refractivity contribution in [3.63, 3.8) is 0 Å². The molecular weight excluding hydrogens is 307 g/mol. The number of benzene rings is 1. The highest BCUT2D eigenvalue weighted by Gasteiger charge is 2.32. The number of alkyl halides is 3. The molecule has 1 aromatic carbocycles. The van der Waals surface area contributed by atoms with Crippen molar-refractivity contribution in [3.8, 4) is 5.75 Å². The lowest BCUT2D eigenvalue weighted by Crippen LogP contribution is -2.15. The summed E-state index contributed by atoms with van der Waals surface area (Å²) >= 11 is 0. The maximum atomic E-state index is 13.0. The molecule has 2 aromatic rings. The molecule has 2 heterocycles. The van der Waals surface area contributed by atoms with Crippen LogP contribution in [0.1, 0.15) is 17.5 Å². The Balaban J connectivity index is 1.65. The minimum absolute atomic E-state index is 0.0596. The van der Waals surface area contributed by atoms with E-state index in [4.69, 9.17) is 4.74 Å². The zero-order valence-electron chi connectivity index (χ0n) is 12.5. The van der Waals surface area contributed by atoms with Gasteiger partial charge in [-0.2, -0.15) is 18.3 Å². The molecule has 3 rings (SSSR count). The number of aromatic nitrogens is 2. The van der Waals surface area contributed by atoms with Crippen LogP contribution in [0.25, 0.3) is 0 Å². The Hall–Kier alpha value is -2.02. The fraction of sp³-hybridized carbons (Fsp3) is 0.438. The molecule has 1 N–H and O–H groups in total. The van der Waals surface area contributed by atoms with E-state index in [9.17, 15) is 13.2 Å². The van der Waals surface area contributed by atoms with Gasteiger partial charge in [0.05, 0.1) is 31.1 Å². The first-order valence-corrected chi connectivity index (χ1v) is 7.53. The first-order valence-electron chi connectivity index (χ1n) is 7.53. The summed E-state index contributed by atoms with van der Waals surface area (Å²) in [5.74, 6) is 1.06. The van der Waals surface area contributed by atoms with Crippen LogP contribution >= 0.6 is 0 Å². The number of hydrogen-bond donors (Lipinski definition) is 1. The summed E-state index contributed by atoms with van der Waals surface area (Å²) in [6.07, 6.45) is -0.111. The predicted octanol–water partition coefficient (Wildman–Crippen LogP) is 2.94. The van der Waals surface area contributed by atoms with E-state index in [1.807, 2.05) is 0 Å². The molecule has 0 aliphatic carbocycles. The molecule has 0 radical (unpaired) electrons. The van der Waals surface area contributed by atoms with Crippen molar-refractivity contribution in [1.29, 1.82) is 0 Å². The molecule has 1 aliphatic rings. The second kappa shape index (κ2) is 6.62. The molecule has 1 saturated heterocycles. The summed E-state index contributed by atoms with van der Waals surface area (Å²) in [5, 5.41) is 7.35. The summed E-state index contributed by atoms with van der Waals surface area (Å²) in [6.45, 7) is 2.59. The average molecular weight is 325 g/mol. The van der Waals surface area contributed by atoms with Crippen molar-refractivity contribution in [1.82, 2.24) is 15.1 Å². The molecule has 1 aliphatic heterocycles. The number of hydrogen-bond acceptors (Lipinski definition) is 3. The maximum absolute atomic E-state index is 13.0. The van der Waals surface area contributed by atoms with Gasteiger partial charge in [0, 0.05) is 12.5 Å². The highest BCUT2D eigenvalue weighted by molar-refractivity contribution is 5.30. The highest BCUT2D eigenvalue weighted by Crippen LogP contribution is 2.32. The minimum Gasteiger partial charge on any atom is -0.490 e. The van der Waals surface area contributed by atoms with E-state index < -0.39 is 11.7 Å². The minimum atomic E-state index is -4.36. The Labute approximate surface area is 132 Å². The summed E-state index contributed by atoms with van der Waals surface area (Å²) in [7, 11) is 0. The van der Waals surface area contributed by atoms with Crippen molar-refractivity contribution in [3.05, 3.63) is 47.8 Å². The second-order valence-electron chi connectivity index (χ2n) is 5.70. The lowest BCUT2D eigenvalue weighted by molar-refractivity contribution is -0.138. The zero-order chi connectivity index (χ0) is 16.3. The van der Waals surface area contributed by atoms with Crippen LogP contribution in [0.2, 0.25) is 0 Å². The SMILES string of the molecule is FC(F)(F)c1ccccc1Cn1cc(OCC2CCNC2)cn1. The van der Waals surface area contributed by atoms with Crippen LogP contribution in [0.15, 0.2) is 36.7 Å². The summed E-state index contributed by atoms with van der Waals surface area (Å²) in [5.41, 5.74) is -0.440. The van der Waals surface area contributed by atoms with Crippen molar-refractivity contribution < 1.29 is 17.9 Å². The first-order chi connectivity index (χ1) is 11.0. The lowest BCUT2D eigenvalue weighted by Gasteiger charge is -2.12. The Morgan fingerprint density at radius 2 is 2.13 bits per heavy atom. The molecule has 1 fully saturated rings. The Kier molecular flexibility index (Phi) is 4.56. The van der Waals surface area contributed by atoms with E-state index in [0.717, 1.165) is 25.6 Å². The van der Waals surface area contributed by atoms with Crippen LogP contribution in [0.4, 0.5) is 13.2 Å². The Morgan fingerprint density at radius 3 is 2.87 bits per heavy atom. The lowest BCUT2D eigenvalue weighted by atomic mass is 10.1. The quantitative estimate of drug-likeness (QED) is 0.919.